The van der Waals surface area contributed by atoms with Gasteiger partial charge < -0.3 is 15.4 Å². The van der Waals surface area contributed by atoms with Gasteiger partial charge in [-0.15, -0.1) is 0 Å². The summed E-state index contributed by atoms with van der Waals surface area (Å²) in [6.07, 6.45) is 2.64. The van der Waals surface area contributed by atoms with Crippen LogP contribution in [0.3, 0.4) is 0 Å². The zero-order chi connectivity index (χ0) is 22.4. The summed E-state index contributed by atoms with van der Waals surface area (Å²) in [7, 11) is -3.99. The lowest BCUT2D eigenvalue weighted by atomic mass is 10.2. The molecular formula is C20H23FN4O5S. The molecule has 0 radical (unpaired) electrons. The van der Waals surface area contributed by atoms with E-state index in [1.165, 1.54) is 13.0 Å². The van der Waals surface area contributed by atoms with Crippen LogP contribution in [0, 0.1) is 12.7 Å². The molecule has 2 amide bonds. The minimum atomic E-state index is -3.99. The Balaban J connectivity index is 1.62. The first-order valence-corrected chi connectivity index (χ1v) is 11.1. The van der Waals surface area contributed by atoms with E-state index in [2.05, 4.69) is 15.6 Å². The summed E-state index contributed by atoms with van der Waals surface area (Å²) in [6.45, 7) is 1.90. The highest BCUT2D eigenvalue weighted by molar-refractivity contribution is 7.89. The first kappa shape index (κ1) is 22.8. The second-order valence-electron chi connectivity index (χ2n) is 6.96. The molecule has 3 rings (SSSR count). The average Bonchev–Trinajstić information content (AvgIpc) is 2.76. The number of ether oxygens (including phenoxy) is 1. The lowest BCUT2D eigenvalue weighted by Gasteiger charge is -2.34. The van der Waals surface area contributed by atoms with Crippen molar-refractivity contribution in [3.63, 3.8) is 0 Å². The van der Waals surface area contributed by atoms with Gasteiger partial charge in [0.2, 0.25) is 10.0 Å². The van der Waals surface area contributed by atoms with Gasteiger partial charge in [-0.05, 0) is 48.7 Å². The molecule has 2 aromatic rings. The maximum Gasteiger partial charge on any atom is 0.309 e. The minimum absolute atomic E-state index is 0.0371. The second kappa shape index (κ2) is 9.94. The molecule has 166 valence electrons. The van der Waals surface area contributed by atoms with Crippen molar-refractivity contribution < 1.29 is 27.1 Å². The Hall–Kier alpha value is -2.89. The molecule has 0 bridgehead atoms. The van der Waals surface area contributed by atoms with Crippen LogP contribution in [0.4, 0.5) is 4.39 Å². The fourth-order valence-electron chi connectivity index (χ4n) is 3.16. The minimum Gasteiger partial charge on any atom is -0.360 e. The lowest BCUT2D eigenvalue weighted by molar-refractivity contribution is -0.140. The zero-order valence-electron chi connectivity index (χ0n) is 16.9. The highest BCUT2D eigenvalue weighted by Crippen LogP contribution is 2.25. The topological polar surface area (TPSA) is 118 Å². The summed E-state index contributed by atoms with van der Waals surface area (Å²) < 4.78 is 46.2. The van der Waals surface area contributed by atoms with E-state index >= 15 is 0 Å². The van der Waals surface area contributed by atoms with Crippen LogP contribution in [0.2, 0.25) is 0 Å². The quantitative estimate of drug-likeness (QED) is 0.626. The summed E-state index contributed by atoms with van der Waals surface area (Å²) >= 11 is 0. The molecule has 9 nitrogen and oxygen atoms in total. The van der Waals surface area contributed by atoms with Gasteiger partial charge in [0.15, 0.2) is 0 Å². The molecular weight excluding hydrogens is 427 g/mol. The number of nitrogens with one attached hydrogen (secondary N) is 2. The van der Waals surface area contributed by atoms with Crippen molar-refractivity contribution in [2.45, 2.75) is 31.0 Å². The van der Waals surface area contributed by atoms with Crippen LogP contribution in [0.5, 0.6) is 0 Å². The van der Waals surface area contributed by atoms with E-state index in [0.717, 1.165) is 22.0 Å². The van der Waals surface area contributed by atoms with Gasteiger partial charge in [-0.3, -0.25) is 14.6 Å². The maximum absolute atomic E-state index is 13.4. The molecule has 1 fully saturated rings. The van der Waals surface area contributed by atoms with Gasteiger partial charge >= 0.3 is 11.8 Å². The molecule has 1 aromatic heterocycles. The number of nitrogens with zero attached hydrogens (tertiary/aromatic N) is 2. The summed E-state index contributed by atoms with van der Waals surface area (Å²) in [5, 5.41) is 4.88. The second-order valence-corrected chi connectivity index (χ2v) is 8.82. The van der Waals surface area contributed by atoms with Crippen molar-refractivity contribution in [2.24, 2.45) is 0 Å². The van der Waals surface area contributed by atoms with E-state index in [4.69, 9.17) is 4.74 Å². The molecule has 0 saturated carbocycles. The SMILES string of the molecule is Cc1cc(F)ccc1S(=O)(=O)N1CCCO[C@H]1CNC(=O)C(=O)NCc1cccnc1. The van der Waals surface area contributed by atoms with Crippen LogP contribution in [0.1, 0.15) is 17.5 Å². The Morgan fingerprint density at radius 3 is 2.74 bits per heavy atom. The molecule has 1 saturated heterocycles. The van der Waals surface area contributed by atoms with Crippen LogP contribution in [-0.2, 0) is 30.9 Å². The van der Waals surface area contributed by atoms with Gasteiger partial charge in [0.1, 0.15) is 12.0 Å². The van der Waals surface area contributed by atoms with E-state index in [0.29, 0.717) is 13.0 Å². The molecule has 1 aromatic carbocycles. The van der Waals surface area contributed by atoms with Gasteiger partial charge in [-0.2, -0.15) is 4.31 Å². The number of halogens is 1. The molecule has 2 N–H and O–H groups in total. The van der Waals surface area contributed by atoms with Gasteiger partial charge in [0.25, 0.3) is 0 Å². The third kappa shape index (κ3) is 5.63. The number of aryl methyl sites for hydroxylation is 1. The highest BCUT2D eigenvalue weighted by atomic mass is 32.2. The smallest absolute Gasteiger partial charge is 0.309 e. The number of sulfonamides is 1. The van der Waals surface area contributed by atoms with Gasteiger partial charge in [0, 0.05) is 25.5 Å². The lowest BCUT2D eigenvalue weighted by Crippen LogP contribution is -2.53. The van der Waals surface area contributed by atoms with Crippen molar-refractivity contribution in [3.05, 3.63) is 59.7 Å². The van der Waals surface area contributed by atoms with E-state index in [9.17, 15) is 22.4 Å². The number of pyridine rings is 1. The number of hydrogen-bond acceptors (Lipinski definition) is 6. The van der Waals surface area contributed by atoms with Gasteiger partial charge in [-0.25, -0.2) is 12.8 Å². The standard InChI is InChI=1S/C20H23FN4O5S/c1-14-10-16(21)5-6-17(14)31(28,29)25-8-3-9-30-18(25)13-24-20(27)19(26)23-12-15-4-2-7-22-11-15/h2,4-7,10-11,18H,3,8-9,12-13H2,1H3,(H,23,26)(H,24,27)/t18-/m0/s1. The number of benzene rings is 1. The third-order valence-electron chi connectivity index (χ3n) is 4.70. The van der Waals surface area contributed by atoms with Crippen molar-refractivity contribution >= 4 is 21.8 Å². The van der Waals surface area contributed by atoms with E-state index < -0.39 is 33.9 Å². The van der Waals surface area contributed by atoms with Gasteiger partial charge in [-0.1, -0.05) is 6.07 Å². The molecule has 1 aliphatic rings. The Bertz CT molecular complexity index is 1050. The summed E-state index contributed by atoms with van der Waals surface area (Å²) in [5.41, 5.74) is 0.995. The fourth-order valence-corrected chi connectivity index (χ4v) is 4.93. The predicted molar refractivity (Wildman–Crippen MR) is 108 cm³/mol. The van der Waals surface area contributed by atoms with Crippen molar-refractivity contribution in [2.75, 3.05) is 19.7 Å². The van der Waals surface area contributed by atoms with Crippen LogP contribution >= 0.6 is 0 Å². The van der Waals surface area contributed by atoms with Crippen LogP contribution in [-0.4, -0.2) is 55.4 Å². The fraction of sp³-hybridized carbons (Fsp3) is 0.350. The highest BCUT2D eigenvalue weighted by Gasteiger charge is 2.35. The number of carbonyl (C=O) groups is 2. The number of aromatic nitrogens is 1. The summed E-state index contributed by atoms with van der Waals surface area (Å²) in [6, 6.07) is 6.88. The summed E-state index contributed by atoms with van der Waals surface area (Å²) in [5.74, 6) is -2.30. The Labute approximate surface area is 179 Å². The first-order valence-electron chi connectivity index (χ1n) is 9.63. The Morgan fingerprint density at radius 1 is 1.26 bits per heavy atom. The van der Waals surface area contributed by atoms with Crippen molar-refractivity contribution in [1.82, 2.24) is 19.9 Å². The van der Waals surface area contributed by atoms with Crippen LogP contribution < -0.4 is 10.6 Å². The van der Waals surface area contributed by atoms with Crippen LogP contribution in [0.25, 0.3) is 0 Å². The summed E-state index contributed by atoms with van der Waals surface area (Å²) in [4.78, 5) is 28.0. The van der Waals surface area contributed by atoms with Crippen LogP contribution in [0.15, 0.2) is 47.6 Å². The zero-order valence-corrected chi connectivity index (χ0v) is 17.7. The van der Waals surface area contributed by atoms with E-state index in [1.807, 2.05) is 0 Å². The molecule has 1 aliphatic heterocycles. The van der Waals surface area contributed by atoms with Gasteiger partial charge in [0.05, 0.1) is 18.0 Å². The number of amides is 2. The first-order chi connectivity index (χ1) is 14.8. The monoisotopic (exact) mass is 450 g/mol. The number of hydrogen-bond donors (Lipinski definition) is 2. The molecule has 1 atom stereocenters. The third-order valence-corrected chi connectivity index (χ3v) is 6.75. The Morgan fingerprint density at radius 2 is 2.03 bits per heavy atom. The molecule has 31 heavy (non-hydrogen) atoms. The average molecular weight is 450 g/mol. The number of carbonyl (C=O) groups excluding carboxylic acids is 2. The Kier molecular flexibility index (Phi) is 7.31. The number of rotatable bonds is 6. The largest absolute Gasteiger partial charge is 0.360 e. The molecule has 0 spiro atoms. The maximum atomic E-state index is 13.4. The molecule has 2 heterocycles. The predicted octanol–water partition coefficient (Wildman–Crippen LogP) is 0.699. The van der Waals surface area contributed by atoms with Crippen molar-refractivity contribution in [3.8, 4) is 0 Å². The molecule has 0 unspecified atom stereocenters. The van der Waals surface area contributed by atoms with E-state index in [1.54, 1.807) is 24.5 Å². The molecule has 0 aliphatic carbocycles. The van der Waals surface area contributed by atoms with E-state index in [-0.39, 0.29) is 30.1 Å². The van der Waals surface area contributed by atoms with Crippen molar-refractivity contribution in [1.29, 1.82) is 0 Å². The normalized spacial score (nSPS) is 17.2. The molecule has 11 heteroatoms.